The summed E-state index contributed by atoms with van der Waals surface area (Å²) < 4.78 is 15.1. The largest absolute Gasteiger partial charge is 0.325 e. The quantitative estimate of drug-likeness (QED) is 0.646. The van der Waals surface area contributed by atoms with Crippen LogP contribution in [0.25, 0.3) is 0 Å². The zero-order valence-corrected chi connectivity index (χ0v) is 15.6. The molecule has 0 radical (unpaired) electrons. The molecule has 5 nitrogen and oxygen atoms in total. The number of aromatic nitrogens is 3. The lowest BCUT2D eigenvalue weighted by atomic mass is 10.1. The van der Waals surface area contributed by atoms with E-state index in [4.69, 9.17) is 0 Å². The molecule has 1 fully saturated rings. The fraction of sp³-hybridized carbons (Fsp3) is 0.250. The standard InChI is InChI=1S/C20H19FN4OS/c1-25-18(14-7-8-14)23-24-20(25)27-17(13-5-3-2-4-6-13)19(26)22-16-11-9-15(21)10-12-16/h2-6,9-12,14,17H,7-8H2,1H3,(H,22,26). The van der Waals surface area contributed by atoms with Gasteiger partial charge in [-0.2, -0.15) is 0 Å². The summed E-state index contributed by atoms with van der Waals surface area (Å²) in [6.07, 6.45) is 2.29. The molecule has 1 N–H and O–H groups in total. The third-order valence-corrected chi connectivity index (χ3v) is 5.77. The van der Waals surface area contributed by atoms with Crippen LogP contribution in [0.4, 0.5) is 10.1 Å². The van der Waals surface area contributed by atoms with E-state index in [0.29, 0.717) is 16.8 Å². The van der Waals surface area contributed by atoms with E-state index in [1.165, 1.54) is 23.9 Å². The molecule has 0 spiro atoms. The highest BCUT2D eigenvalue weighted by Gasteiger charge is 2.31. The third kappa shape index (κ3) is 4.03. The Labute approximate surface area is 161 Å². The first-order valence-electron chi connectivity index (χ1n) is 8.79. The van der Waals surface area contributed by atoms with Gasteiger partial charge in [0.1, 0.15) is 16.9 Å². The van der Waals surface area contributed by atoms with E-state index >= 15 is 0 Å². The van der Waals surface area contributed by atoms with Gasteiger partial charge in [-0.15, -0.1) is 10.2 Å². The highest BCUT2D eigenvalue weighted by molar-refractivity contribution is 8.00. The van der Waals surface area contributed by atoms with Gasteiger partial charge < -0.3 is 9.88 Å². The Morgan fingerprint density at radius 1 is 1.15 bits per heavy atom. The van der Waals surface area contributed by atoms with E-state index < -0.39 is 5.25 Å². The van der Waals surface area contributed by atoms with Crippen LogP contribution in [-0.2, 0) is 11.8 Å². The molecule has 1 saturated carbocycles. The minimum Gasteiger partial charge on any atom is -0.325 e. The summed E-state index contributed by atoms with van der Waals surface area (Å²) in [7, 11) is 1.94. The van der Waals surface area contributed by atoms with E-state index in [9.17, 15) is 9.18 Å². The number of hydrogen-bond acceptors (Lipinski definition) is 4. The van der Waals surface area contributed by atoms with Crippen molar-refractivity contribution in [3.05, 3.63) is 71.8 Å². The van der Waals surface area contributed by atoms with Crippen LogP contribution in [0.1, 0.15) is 35.4 Å². The summed E-state index contributed by atoms with van der Waals surface area (Å²) in [6.45, 7) is 0. The minimum atomic E-state index is -0.494. The number of carbonyl (C=O) groups excluding carboxylic acids is 1. The molecule has 1 aliphatic carbocycles. The lowest BCUT2D eigenvalue weighted by molar-refractivity contribution is -0.115. The monoisotopic (exact) mass is 382 g/mol. The zero-order valence-electron chi connectivity index (χ0n) is 14.8. The lowest BCUT2D eigenvalue weighted by Gasteiger charge is -2.16. The van der Waals surface area contributed by atoms with Gasteiger partial charge in [0, 0.05) is 18.7 Å². The highest BCUT2D eigenvalue weighted by Crippen LogP contribution is 2.41. The topological polar surface area (TPSA) is 59.8 Å². The van der Waals surface area contributed by atoms with Crippen molar-refractivity contribution in [3.8, 4) is 0 Å². The van der Waals surface area contributed by atoms with Gasteiger partial charge >= 0.3 is 0 Å². The Morgan fingerprint density at radius 2 is 1.85 bits per heavy atom. The van der Waals surface area contributed by atoms with Crippen molar-refractivity contribution in [1.29, 1.82) is 0 Å². The van der Waals surface area contributed by atoms with E-state index in [0.717, 1.165) is 24.2 Å². The predicted octanol–water partition coefficient (Wildman–Crippen LogP) is 4.30. The Balaban J connectivity index is 1.59. The average Bonchev–Trinajstić information content (AvgIpc) is 3.46. The van der Waals surface area contributed by atoms with Crippen molar-refractivity contribution in [2.24, 2.45) is 7.05 Å². The molecule has 0 saturated heterocycles. The summed E-state index contributed by atoms with van der Waals surface area (Å²) >= 11 is 1.37. The molecule has 1 aliphatic rings. The molecule has 1 atom stereocenters. The van der Waals surface area contributed by atoms with Crippen molar-refractivity contribution < 1.29 is 9.18 Å². The van der Waals surface area contributed by atoms with Gasteiger partial charge in [0.2, 0.25) is 5.91 Å². The second kappa shape index (κ2) is 7.52. The number of anilines is 1. The van der Waals surface area contributed by atoms with Crippen LogP contribution in [0.3, 0.4) is 0 Å². The molecule has 1 amide bonds. The maximum atomic E-state index is 13.1. The van der Waals surface area contributed by atoms with Gasteiger partial charge in [-0.3, -0.25) is 4.79 Å². The average molecular weight is 382 g/mol. The van der Waals surface area contributed by atoms with Gasteiger partial charge in [0.05, 0.1) is 0 Å². The zero-order chi connectivity index (χ0) is 18.8. The fourth-order valence-corrected chi connectivity index (χ4v) is 3.88. The number of hydrogen-bond donors (Lipinski definition) is 1. The first kappa shape index (κ1) is 17.7. The molecule has 3 aromatic rings. The third-order valence-electron chi connectivity index (χ3n) is 4.49. The number of halogens is 1. The van der Waals surface area contributed by atoms with Crippen LogP contribution in [0.2, 0.25) is 0 Å². The van der Waals surface area contributed by atoms with E-state index in [2.05, 4.69) is 15.5 Å². The van der Waals surface area contributed by atoms with Crippen molar-refractivity contribution >= 4 is 23.4 Å². The lowest BCUT2D eigenvalue weighted by Crippen LogP contribution is -2.19. The number of nitrogens with zero attached hydrogens (tertiary/aromatic N) is 3. The number of carbonyl (C=O) groups is 1. The van der Waals surface area contributed by atoms with Crippen LogP contribution >= 0.6 is 11.8 Å². The van der Waals surface area contributed by atoms with Gasteiger partial charge in [-0.25, -0.2) is 4.39 Å². The Hall–Kier alpha value is -2.67. The van der Waals surface area contributed by atoms with Crippen LogP contribution in [0.15, 0.2) is 59.8 Å². The van der Waals surface area contributed by atoms with Crippen molar-refractivity contribution in [2.45, 2.75) is 29.2 Å². The van der Waals surface area contributed by atoms with Gasteiger partial charge in [-0.1, -0.05) is 42.1 Å². The first-order valence-corrected chi connectivity index (χ1v) is 9.67. The maximum Gasteiger partial charge on any atom is 0.242 e. The molecular weight excluding hydrogens is 363 g/mol. The Bertz CT molecular complexity index is 938. The predicted molar refractivity (Wildman–Crippen MR) is 103 cm³/mol. The molecule has 1 heterocycles. The molecule has 7 heteroatoms. The maximum absolute atomic E-state index is 13.1. The van der Waals surface area contributed by atoms with Gasteiger partial charge in [0.25, 0.3) is 0 Å². The molecule has 2 aromatic carbocycles. The summed E-state index contributed by atoms with van der Waals surface area (Å²) in [6, 6.07) is 15.3. The minimum absolute atomic E-state index is 0.186. The molecule has 4 rings (SSSR count). The SMILES string of the molecule is Cn1c(SC(C(=O)Nc2ccc(F)cc2)c2ccccc2)nnc1C1CC1. The summed E-state index contributed by atoms with van der Waals surface area (Å²) in [5.74, 6) is 0.936. The molecule has 0 aliphatic heterocycles. The molecule has 1 aromatic heterocycles. The fourth-order valence-electron chi connectivity index (χ4n) is 2.87. The Kier molecular flexibility index (Phi) is 4.94. The number of nitrogens with one attached hydrogen (secondary N) is 1. The van der Waals surface area contributed by atoms with Crippen LogP contribution in [0.5, 0.6) is 0 Å². The van der Waals surface area contributed by atoms with E-state index in [1.54, 1.807) is 12.1 Å². The normalized spacial score (nSPS) is 14.7. The first-order chi connectivity index (χ1) is 13.1. The van der Waals surface area contributed by atoms with E-state index in [-0.39, 0.29) is 11.7 Å². The molecular formula is C20H19FN4OS. The summed E-state index contributed by atoms with van der Waals surface area (Å²) in [5.41, 5.74) is 1.43. The summed E-state index contributed by atoms with van der Waals surface area (Å²) in [4.78, 5) is 13.0. The molecule has 138 valence electrons. The summed E-state index contributed by atoms with van der Waals surface area (Å²) in [5, 5.41) is 11.7. The number of rotatable bonds is 6. The second-order valence-corrected chi connectivity index (χ2v) is 7.65. The van der Waals surface area contributed by atoms with Crippen LogP contribution in [-0.4, -0.2) is 20.7 Å². The van der Waals surface area contributed by atoms with Gasteiger partial charge in [0.15, 0.2) is 5.16 Å². The molecule has 27 heavy (non-hydrogen) atoms. The smallest absolute Gasteiger partial charge is 0.242 e. The second-order valence-electron chi connectivity index (χ2n) is 6.58. The highest BCUT2D eigenvalue weighted by atomic mass is 32.2. The van der Waals surface area contributed by atoms with Crippen molar-refractivity contribution in [3.63, 3.8) is 0 Å². The van der Waals surface area contributed by atoms with E-state index in [1.807, 2.05) is 41.9 Å². The molecule has 1 unspecified atom stereocenters. The van der Waals surface area contributed by atoms with Crippen molar-refractivity contribution in [2.75, 3.05) is 5.32 Å². The van der Waals surface area contributed by atoms with Gasteiger partial charge in [-0.05, 0) is 42.7 Å². The van der Waals surface area contributed by atoms with Crippen LogP contribution < -0.4 is 5.32 Å². The number of thioether (sulfide) groups is 1. The molecule has 0 bridgehead atoms. The van der Waals surface area contributed by atoms with Crippen molar-refractivity contribution in [1.82, 2.24) is 14.8 Å². The number of amides is 1. The van der Waals surface area contributed by atoms with Crippen LogP contribution in [0, 0.1) is 5.82 Å². The number of benzene rings is 2. The Morgan fingerprint density at radius 3 is 2.52 bits per heavy atom.